The second-order valence-corrected chi connectivity index (χ2v) is 4.26. The molecule has 0 saturated carbocycles. The minimum Gasteiger partial charge on any atom is -0.466 e. The second kappa shape index (κ2) is 10.6. The Kier molecular flexibility index (Phi) is 10.2. The molecule has 0 N–H and O–H groups in total. The Bertz CT molecular complexity index is 231. The lowest BCUT2D eigenvalue weighted by Gasteiger charge is -2.14. The molecule has 0 saturated heterocycles. The normalized spacial score (nSPS) is 11.9. The van der Waals surface area contributed by atoms with Gasteiger partial charge < -0.3 is 8.57 Å². The van der Waals surface area contributed by atoms with Crippen molar-refractivity contribution in [2.75, 3.05) is 6.61 Å². The first-order chi connectivity index (χ1) is 8.15. The molecule has 0 fully saturated rings. The summed E-state index contributed by atoms with van der Waals surface area (Å²) in [6.45, 7) is 4.28. The Morgan fingerprint density at radius 1 is 1.18 bits per heavy atom. The van der Waals surface area contributed by atoms with Crippen LogP contribution in [0.5, 0.6) is 0 Å². The highest BCUT2D eigenvalue weighted by atomic mass is 79.9. The third-order valence-electron chi connectivity index (χ3n) is 2.56. The van der Waals surface area contributed by atoms with Crippen LogP contribution in [-0.2, 0) is 18.2 Å². The minimum atomic E-state index is -0.352. The molecule has 0 heterocycles. The lowest BCUT2D eigenvalue weighted by Crippen LogP contribution is -2.19. The van der Waals surface area contributed by atoms with Crippen LogP contribution in [0.1, 0.15) is 52.4 Å². The smallest absolute Gasteiger partial charge is 0.317 e. The average Bonchev–Trinajstić information content (AvgIpc) is 2.33. The number of hydrogen-bond acceptors (Lipinski definition) is 4. The van der Waals surface area contributed by atoms with Crippen LogP contribution in [0, 0.1) is 5.92 Å². The van der Waals surface area contributed by atoms with Crippen molar-refractivity contribution in [3.05, 3.63) is 0 Å². The van der Waals surface area contributed by atoms with Gasteiger partial charge in [0.2, 0.25) is 0 Å². The molecule has 1 atom stereocenters. The van der Waals surface area contributed by atoms with E-state index in [4.69, 9.17) is 4.74 Å². The summed E-state index contributed by atoms with van der Waals surface area (Å²) in [5.41, 5.74) is 0. The standard InChI is InChI=1S/C12H21BrO4/c1-3-5-6-7-10(12(15)16-4-2)8-9-11(14)17-13/h10H,3-9H2,1-2H3. The predicted molar refractivity (Wildman–Crippen MR) is 68.5 cm³/mol. The molecule has 4 nitrogen and oxygen atoms in total. The summed E-state index contributed by atoms with van der Waals surface area (Å²) >= 11 is 2.63. The summed E-state index contributed by atoms with van der Waals surface area (Å²) < 4.78 is 9.39. The first-order valence-electron chi connectivity index (χ1n) is 6.13. The van der Waals surface area contributed by atoms with Crippen LogP contribution in [0.3, 0.4) is 0 Å². The molecule has 0 aliphatic carbocycles. The van der Waals surface area contributed by atoms with Crippen LogP contribution in [0.4, 0.5) is 0 Å². The first kappa shape index (κ1) is 16.4. The maximum absolute atomic E-state index is 11.7. The summed E-state index contributed by atoms with van der Waals surface area (Å²) in [6, 6.07) is 0. The number of unbranched alkanes of at least 4 members (excludes halogenated alkanes) is 2. The molecule has 0 aliphatic heterocycles. The number of halogens is 1. The topological polar surface area (TPSA) is 52.6 Å². The highest BCUT2D eigenvalue weighted by molar-refractivity contribution is 9.06. The third kappa shape index (κ3) is 8.18. The van der Waals surface area contributed by atoms with E-state index in [1.165, 1.54) is 0 Å². The van der Waals surface area contributed by atoms with E-state index in [9.17, 15) is 9.59 Å². The maximum atomic E-state index is 11.7. The molecule has 0 rings (SSSR count). The number of hydrogen-bond donors (Lipinski definition) is 0. The Balaban J connectivity index is 4.09. The number of rotatable bonds is 9. The Morgan fingerprint density at radius 3 is 2.41 bits per heavy atom. The van der Waals surface area contributed by atoms with Crippen molar-refractivity contribution >= 4 is 28.2 Å². The van der Waals surface area contributed by atoms with E-state index in [0.29, 0.717) is 13.0 Å². The van der Waals surface area contributed by atoms with Gasteiger partial charge in [-0.3, -0.25) is 9.59 Å². The zero-order chi connectivity index (χ0) is 13.1. The lowest BCUT2D eigenvalue weighted by atomic mass is 9.96. The Hall–Kier alpha value is -0.580. The van der Waals surface area contributed by atoms with Gasteiger partial charge in [0.05, 0.1) is 12.5 Å². The molecule has 0 aromatic heterocycles. The monoisotopic (exact) mass is 308 g/mol. The van der Waals surface area contributed by atoms with E-state index in [0.717, 1.165) is 25.7 Å². The van der Waals surface area contributed by atoms with Crippen molar-refractivity contribution in [2.45, 2.75) is 52.4 Å². The first-order valence-corrected chi connectivity index (χ1v) is 6.78. The lowest BCUT2D eigenvalue weighted by molar-refractivity contribution is -0.148. The van der Waals surface area contributed by atoms with Gasteiger partial charge in [0, 0.05) is 6.42 Å². The molecule has 5 heteroatoms. The van der Waals surface area contributed by atoms with Crippen LogP contribution in [0.2, 0.25) is 0 Å². The summed E-state index contributed by atoms with van der Waals surface area (Å²) in [4.78, 5) is 22.7. The Labute approximate surface area is 111 Å². The zero-order valence-electron chi connectivity index (χ0n) is 10.5. The van der Waals surface area contributed by atoms with Gasteiger partial charge >= 0.3 is 11.9 Å². The highest BCUT2D eigenvalue weighted by Crippen LogP contribution is 2.18. The summed E-state index contributed by atoms with van der Waals surface area (Å²) in [6.07, 6.45) is 4.71. The van der Waals surface area contributed by atoms with E-state index >= 15 is 0 Å². The summed E-state index contributed by atoms with van der Waals surface area (Å²) in [5, 5.41) is 0. The van der Waals surface area contributed by atoms with E-state index < -0.39 is 0 Å². The molecule has 0 bridgehead atoms. The van der Waals surface area contributed by atoms with Gasteiger partial charge in [-0.25, -0.2) is 0 Å². The summed E-state index contributed by atoms with van der Waals surface area (Å²) in [7, 11) is 0. The van der Waals surface area contributed by atoms with E-state index in [1.807, 2.05) is 0 Å². The van der Waals surface area contributed by atoms with Crippen LogP contribution in [-0.4, -0.2) is 18.5 Å². The van der Waals surface area contributed by atoms with Gasteiger partial charge in [0.25, 0.3) is 0 Å². The molecule has 0 radical (unpaired) electrons. The quantitative estimate of drug-likeness (QED) is 0.484. The number of carbonyl (C=O) groups is 2. The molecule has 0 spiro atoms. The molecule has 17 heavy (non-hydrogen) atoms. The molecule has 0 amide bonds. The second-order valence-electron chi connectivity index (χ2n) is 3.93. The van der Waals surface area contributed by atoms with Gasteiger partial charge in [0.1, 0.15) is 0 Å². The largest absolute Gasteiger partial charge is 0.466 e. The van der Waals surface area contributed by atoms with Crippen molar-refractivity contribution in [1.82, 2.24) is 0 Å². The Morgan fingerprint density at radius 2 is 1.88 bits per heavy atom. The van der Waals surface area contributed by atoms with E-state index in [-0.39, 0.29) is 24.3 Å². The fourth-order valence-corrected chi connectivity index (χ4v) is 1.77. The van der Waals surface area contributed by atoms with Crippen LogP contribution < -0.4 is 0 Å². The van der Waals surface area contributed by atoms with Gasteiger partial charge in [-0.2, -0.15) is 0 Å². The van der Waals surface area contributed by atoms with Gasteiger partial charge in [-0.15, -0.1) is 0 Å². The molecule has 0 aromatic carbocycles. The van der Waals surface area contributed by atoms with Crippen molar-refractivity contribution in [3.8, 4) is 0 Å². The van der Waals surface area contributed by atoms with Crippen molar-refractivity contribution in [3.63, 3.8) is 0 Å². The van der Waals surface area contributed by atoms with Crippen molar-refractivity contribution < 1.29 is 18.2 Å². The van der Waals surface area contributed by atoms with E-state index in [1.54, 1.807) is 6.92 Å². The van der Waals surface area contributed by atoms with Crippen molar-refractivity contribution in [1.29, 1.82) is 0 Å². The van der Waals surface area contributed by atoms with E-state index in [2.05, 4.69) is 27.0 Å². The predicted octanol–water partition coefficient (Wildman–Crippen LogP) is 3.38. The van der Waals surface area contributed by atoms with Crippen molar-refractivity contribution in [2.24, 2.45) is 5.92 Å². The van der Waals surface area contributed by atoms with Gasteiger partial charge in [-0.05, 0) is 19.8 Å². The average molecular weight is 309 g/mol. The SMILES string of the molecule is CCCCCC(CCC(=O)OBr)C(=O)OCC. The molecular weight excluding hydrogens is 288 g/mol. The molecule has 1 unspecified atom stereocenters. The number of carbonyl (C=O) groups excluding carboxylic acids is 2. The minimum absolute atomic E-state index is 0.187. The molecule has 100 valence electrons. The number of ether oxygens (including phenoxy) is 1. The molecule has 0 aromatic rings. The summed E-state index contributed by atoms with van der Waals surface area (Å²) in [5.74, 6) is -0.742. The fraction of sp³-hybridized carbons (Fsp3) is 0.833. The molecular formula is C12H21BrO4. The maximum Gasteiger partial charge on any atom is 0.317 e. The number of esters is 1. The fourth-order valence-electron chi connectivity index (χ4n) is 1.61. The zero-order valence-corrected chi connectivity index (χ0v) is 12.1. The van der Waals surface area contributed by atoms with Crippen LogP contribution in [0.25, 0.3) is 0 Å². The van der Waals surface area contributed by atoms with Crippen LogP contribution in [0.15, 0.2) is 0 Å². The third-order valence-corrected chi connectivity index (χ3v) is 2.92. The van der Waals surface area contributed by atoms with Crippen LogP contribution >= 0.6 is 16.3 Å². The van der Waals surface area contributed by atoms with Gasteiger partial charge in [-0.1, -0.05) is 26.2 Å². The molecule has 0 aliphatic rings. The van der Waals surface area contributed by atoms with Gasteiger partial charge in [0.15, 0.2) is 16.3 Å². The highest BCUT2D eigenvalue weighted by Gasteiger charge is 2.20.